The first-order chi connectivity index (χ1) is 11.1. The lowest BCUT2D eigenvalue weighted by Gasteiger charge is -2.06. The Morgan fingerprint density at radius 1 is 1.17 bits per heavy atom. The van der Waals surface area contributed by atoms with Crippen molar-refractivity contribution in [3.05, 3.63) is 54.1 Å². The van der Waals surface area contributed by atoms with Gasteiger partial charge in [-0.15, -0.1) is 0 Å². The lowest BCUT2D eigenvalue weighted by Crippen LogP contribution is -2.20. The molecule has 23 heavy (non-hydrogen) atoms. The van der Waals surface area contributed by atoms with Crippen LogP contribution >= 0.6 is 11.3 Å². The van der Waals surface area contributed by atoms with Crippen molar-refractivity contribution >= 4 is 38.4 Å². The van der Waals surface area contributed by atoms with E-state index in [1.54, 1.807) is 24.3 Å². The van der Waals surface area contributed by atoms with Crippen molar-refractivity contribution in [2.45, 2.75) is 6.92 Å². The zero-order valence-electron chi connectivity index (χ0n) is 12.4. The molecule has 1 N–H and O–H groups in total. The summed E-state index contributed by atoms with van der Waals surface area (Å²) >= 11 is 1.41. The molecule has 0 saturated carbocycles. The van der Waals surface area contributed by atoms with E-state index < -0.39 is 0 Å². The van der Waals surface area contributed by atoms with Gasteiger partial charge in [-0.3, -0.25) is 14.9 Å². The first-order valence-electron chi connectivity index (χ1n) is 7.01. The number of para-hydroxylation sites is 1. The molecule has 0 aliphatic carbocycles. The molecule has 116 valence electrons. The minimum absolute atomic E-state index is 0.0469. The van der Waals surface area contributed by atoms with Crippen LogP contribution in [-0.4, -0.2) is 23.3 Å². The molecule has 0 saturated heterocycles. The molecule has 0 spiro atoms. The van der Waals surface area contributed by atoms with Crippen LogP contribution in [0.2, 0.25) is 0 Å². The average Bonchev–Trinajstić information content (AvgIpc) is 2.95. The number of thiazole rings is 1. The number of fused-ring (bicyclic) bond motifs is 1. The van der Waals surface area contributed by atoms with E-state index in [9.17, 15) is 9.59 Å². The maximum absolute atomic E-state index is 11.9. The van der Waals surface area contributed by atoms with E-state index in [0.29, 0.717) is 16.4 Å². The van der Waals surface area contributed by atoms with Gasteiger partial charge in [-0.2, -0.15) is 0 Å². The van der Waals surface area contributed by atoms with Crippen LogP contribution in [0.25, 0.3) is 10.2 Å². The van der Waals surface area contributed by atoms with E-state index in [2.05, 4.69) is 10.3 Å². The summed E-state index contributed by atoms with van der Waals surface area (Å²) in [5.74, 6) is 0.142. The Balaban J connectivity index is 1.61. The summed E-state index contributed by atoms with van der Waals surface area (Å²) in [7, 11) is 0. The van der Waals surface area contributed by atoms with Crippen molar-refractivity contribution in [3.63, 3.8) is 0 Å². The van der Waals surface area contributed by atoms with Crippen LogP contribution < -0.4 is 10.1 Å². The fourth-order valence-corrected chi connectivity index (χ4v) is 2.92. The number of amides is 1. The van der Waals surface area contributed by atoms with Gasteiger partial charge in [0.1, 0.15) is 5.75 Å². The highest BCUT2D eigenvalue weighted by molar-refractivity contribution is 7.22. The van der Waals surface area contributed by atoms with Gasteiger partial charge in [0.25, 0.3) is 5.91 Å². The summed E-state index contributed by atoms with van der Waals surface area (Å²) in [4.78, 5) is 27.6. The number of nitrogens with zero attached hydrogens (tertiary/aromatic N) is 1. The highest BCUT2D eigenvalue weighted by Gasteiger charge is 2.09. The highest BCUT2D eigenvalue weighted by atomic mass is 32.1. The molecule has 3 rings (SSSR count). The Labute approximate surface area is 136 Å². The molecule has 1 amide bonds. The van der Waals surface area contributed by atoms with Gasteiger partial charge in [-0.05, 0) is 31.2 Å². The topological polar surface area (TPSA) is 68.3 Å². The first kappa shape index (κ1) is 15.2. The van der Waals surface area contributed by atoms with Crippen LogP contribution in [0.3, 0.4) is 0 Å². The van der Waals surface area contributed by atoms with Crippen LogP contribution in [0.1, 0.15) is 17.3 Å². The molecule has 1 heterocycles. The monoisotopic (exact) mass is 326 g/mol. The number of nitrogens with one attached hydrogen (secondary N) is 1. The summed E-state index contributed by atoms with van der Waals surface area (Å²) in [6.07, 6.45) is 0. The molecule has 0 aliphatic heterocycles. The van der Waals surface area contributed by atoms with Gasteiger partial charge in [0, 0.05) is 5.56 Å². The van der Waals surface area contributed by atoms with Crippen molar-refractivity contribution in [2.24, 2.45) is 0 Å². The van der Waals surface area contributed by atoms with E-state index in [1.807, 2.05) is 24.3 Å². The quantitative estimate of drug-likeness (QED) is 0.729. The maximum atomic E-state index is 11.9. The fourth-order valence-electron chi connectivity index (χ4n) is 2.03. The molecular weight excluding hydrogens is 312 g/mol. The van der Waals surface area contributed by atoms with E-state index in [-0.39, 0.29) is 18.3 Å². The molecule has 2 aromatic carbocycles. The lowest BCUT2D eigenvalue weighted by atomic mass is 10.1. The number of anilines is 1. The standard InChI is InChI=1S/C17H14N2O3S/c1-11(20)12-5-4-6-13(9-12)22-10-16(21)19-17-18-14-7-2-3-8-15(14)23-17/h2-9H,10H2,1H3,(H,18,19,21). The van der Waals surface area contributed by atoms with Crippen LogP contribution in [0.15, 0.2) is 48.5 Å². The Hall–Kier alpha value is -2.73. The molecular formula is C17H14N2O3S. The van der Waals surface area contributed by atoms with Crippen molar-refractivity contribution in [1.29, 1.82) is 0 Å². The van der Waals surface area contributed by atoms with Gasteiger partial charge in [-0.1, -0.05) is 35.6 Å². The summed E-state index contributed by atoms with van der Waals surface area (Å²) in [6.45, 7) is 1.34. The van der Waals surface area contributed by atoms with Gasteiger partial charge in [-0.25, -0.2) is 4.98 Å². The molecule has 3 aromatic rings. The number of ether oxygens (including phenoxy) is 1. The van der Waals surface area contributed by atoms with Crippen molar-refractivity contribution in [2.75, 3.05) is 11.9 Å². The van der Waals surface area contributed by atoms with Gasteiger partial charge in [0.2, 0.25) is 0 Å². The number of Topliss-reactive ketones (excluding diaryl/α,β-unsaturated/α-hetero) is 1. The Morgan fingerprint density at radius 2 is 2.00 bits per heavy atom. The third-order valence-corrected chi connectivity index (χ3v) is 4.10. The predicted molar refractivity (Wildman–Crippen MR) is 90.2 cm³/mol. The van der Waals surface area contributed by atoms with E-state index in [4.69, 9.17) is 4.74 Å². The minimum atomic E-state index is -0.294. The SMILES string of the molecule is CC(=O)c1cccc(OCC(=O)Nc2nc3ccccc3s2)c1. The number of carbonyl (C=O) groups excluding carboxylic acids is 2. The van der Waals surface area contributed by atoms with Gasteiger partial charge in [0.15, 0.2) is 17.5 Å². The van der Waals surface area contributed by atoms with Gasteiger partial charge >= 0.3 is 0 Å². The molecule has 0 bridgehead atoms. The normalized spacial score (nSPS) is 10.5. The summed E-state index contributed by atoms with van der Waals surface area (Å²) in [6, 6.07) is 14.4. The molecule has 1 aromatic heterocycles. The number of carbonyl (C=O) groups is 2. The zero-order chi connectivity index (χ0) is 16.2. The Morgan fingerprint density at radius 3 is 2.78 bits per heavy atom. The molecule has 0 aliphatic rings. The molecule has 0 unspecified atom stereocenters. The highest BCUT2D eigenvalue weighted by Crippen LogP contribution is 2.25. The van der Waals surface area contributed by atoms with Crippen LogP contribution in [0.4, 0.5) is 5.13 Å². The number of benzene rings is 2. The van der Waals surface area contributed by atoms with Gasteiger partial charge in [0.05, 0.1) is 10.2 Å². The average molecular weight is 326 g/mol. The van der Waals surface area contributed by atoms with Crippen LogP contribution in [0, 0.1) is 0 Å². The third-order valence-electron chi connectivity index (χ3n) is 3.15. The molecule has 5 nitrogen and oxygen atoms in total. The number of hydrogen-bond donors (Lipinski definition) is 1. The van der Waals surface area contributed by atoms with Crippen molar-refractivity contribution in [3.8, 4) is 5.75 Å². The summed E-state index contributed by atoms with van der Waals surface area (Å²) in [5.41, 5.74) is 1.40. The summed E-state index contributed by atoms with van der Waals surface area (Å²) < 4.78 is 6.43. The van der Waals surface area contributed by atoms with Crippen molar-refractivity contribution < 1.29 is 14.3 Å². The Kier molecular flexibility index (Phi) is 4.34. The number of rotatable bonds is 5. The fraction of sp³-hybridized carbons (Fsp3) is 0.118. The maximum Gasteiger partial charge on any atom is 0.264 e. The van der Waals surface area contributed by atoms with Crippen molar-refractivity contribution in [1.82, 2.24) is 4.98 Å². The van der Waals surface area contributed by atoms with E-state index >= 15 is 0 Å². The van der Waals surface area contributed by atoms with Crippen LogP contribution in [0.5, 0.6) is 5.75 Å². The van der Waals surface area contributed by atoms with Crippen LogP contribution in [-0.2, 0) is 4.79 Å². The Bertz CT molecular complexity index is 840. The molecule has 0 atom stereocenters. The summed E-state index contributed by atoms with van der Waals surface area (Å²) in [5, 5.41) is 3.25. The minimum Gasteiger partial charge on any atom is -0.484 e. The second-order valence-corrected chi connectivity index (χ2v) is 5.94. The first-order valence-corrected chi connectivity index (χ1v) is 7.83. The number of aromatic nitrogens is 1. The predicted octanol–water partition coefficient (Wildman–Crippen LogP) is 3.52. The molecule has 6 heteroatoms. The van der Waals surface area contributed by atoms with Gasteiger partial charge < -0.3 is 4.74 Å². The number of hydrogen-bond acceptors (Lipinski definition) is 5. The largest absolute Gasteiger partial charge is 0.484 e. The smallest absolute Gasteiger partial charge is 0.264 e. The second-order valence-electron chi connectivity index (χ2n) is 4.91. The van der Waals surface area contributed by atoms with E-state index in [1.165, 1.54) is 18.3 Å². The second kappa shape index (κ2) is 6.58. The lowest BCUT2D eigenvalue weighted by molar-refractivity contribution is -0.118. The zero-order valence-corrected chi connectivity index (χ0v) is 13.2. The number of ketones is 1. The third kappa shape index (κ3) is 3.73. The molecule has 0 fully saturated rings. The molecule has 0 radical (unpaired) electrons. The van der Waals surface area contributed by atoms with E-state index in [0.717, 1.165) is 10.2 Å².